The second-order valence-electron chi connectivity index (χ2n) is 5.17. The largest absolute Gasteiger partial charge is 0.335 e. The van der Waals surface area contributed by atoms with Crippen LogP contribution >= 0.6 is 11.3 Å². The highest BCUT2D eigenvalue weighted by Gasteiger charge is 2.23. The Hall–Kier alpha value is -0.870. The van der Waals surface area contributed by atoms with Crippen LogP contribution in [0.3, 0.4) is 0 Å². The van der Waals surface area contributed by atoms with Crippen LogP contribution in [0.5, 0.6) is 0 Å². The molecular formula is C15H24N2OS. The molecule has 1 amide bonds. The lowest BCUT2D eigenvalue weighted by Gasteiger charge is -2.33. The zero-order valence-corrected chi connectivity index (χ0v) is 13.1. The van der Waals surface area contributed by atoms with Crippen LogP contribution in [0.25, 0.3) is 0 Å². The van der Waals surface area contributed by atoms with Crippen molar-refractivity contribution in [2.45, 2.75) is 33.6 Å². The van der Waals surface area contributed by atoms with Gasteiger partial charge in [0.1, 0.15) is 0 Å². The number of thiophene rings is 1. The highest BCUT2D eigenvalue weighted by Crippen LogP contribution is 2.24. The Morgan fingerprint density at radius 2 is 1.95 bits per heavy atom. The fraction of sp³-hybridized carbons (Fsp3) is 0.667. The van der Waals surface area contributed by atoms with Crippen molar-refractivity contribution >= 4 is 17.2 Å². The maximum absolute atomic E-state index is 12.5. The van der Waals surface area contributed by atoms with E-state index in [1.807, 2.05) is 4.90 Å². The fourth-order valence-corrected chi connectivity index (χ4v) is 3.61. The molecule has 1 fully saturated rings. The van der Waals surface area contributed by atoms with Crippen molar-refractivity contribution in [1.29, 1.82) is 0 Å². The highest BCUT2D eigenvalue weighted by molar-refractivity contribution is 7.14. The van der Waals surface area contributed by atoms with E-state index in [-0.39, 0.29) is 5.91 Å². The van der Waals surface area contributed by atoms with Crippen LogP contribution < -0.4 is 0 Å². The fourth-order valence-electron chi connectivity index (χ4n) is 2.57. The van der Waals surface area contributed by atoms with Crippen molar-refractivity contribution in [3.05, 3.63) is 21.4 Å². The van der Waals surface area contributed by atoms with E-state index in [2.05, 4.69) is 31.7 Å². The number of hydrogen-bond acceptors (Lipinski definition) is 3. The number of piperazine rings is 1. The first-order chi connectivity index (χ1) is 9.15. The molecule has 1 saturated heterocycles. The lowest BCUT2D eigenvalue weighted by atomic mass is 10.1. The highest BCUT2D eigenvalue weighted by atomic mass is 32.1. The van der Waals surface area contributed by atoms with Gasteiger partial charge in [-0.05, 0) is 31.5 Å². The number of carbonyl (C=O) groups excluding carboxylic acids is 1. The summed E-state index contributed by atoms with van der Waals surface area (Å²) in [6.07, 6.45) is 2.22. The molecular weight excluding hydrogens is 256 g/mol. The van der Waals surface area contributed by atoms with Gasteiger partial charge in [-0.25, -0.2) is 0 Å². The molecule has 1 aliphatic heterocycles. The van der Waals surface area contributed by atoms with E-state index in [1.54, 1.807) is 11.3 Å². The van der Waals surface area contributed by atoms with Crippen LogP contribution in [0.1, 0.15) is 40.4 Å². The number of nitrogens with zero attached hydrogens (tertiary/aromatic N) is 2. The zero-order chi connectivity index (χ0) is 13.8. The Balaban J connectivity index is 2.02. The van der Waals surface area contributed by atoms with Crippen LogP contribution in [0.2, 0.25) is 0 Å². The number of amides is 1. The molecule has 2 heterocycles. The van der Waals surface area contributed by atoms with Crippen molar-refractivity contribution in [2.24, 2.45) is 0 Å². The van der Waals surface area contributed by atoms with Gasteiger partial charge in [0.25, 0.3) is 5.91 Å². The average Bonchev–Trinajstić information content (AvgIpc) is 2.80. The van der Waals surface area contributed by atoms with E-state index in [9.17, 15) is 4.79 Å². The summed E-state index contributed by atoms with van der Waals surface area (Å²) in [7, 11) is 0. The molecule has 0 aliphatic carbocycles. The third-order valence-electron chi connectivity index (χ3n) is 3.86. The molecule has 1 aliphatic rings. The maximum Gasteiger partial charge on any atom is 0.264 e. The normalized spacial score (nSPS) is 16.9. The first-order valence-electron chi connectivity index (χ1n) is 7.26. The van der Waals surface area contributed by atoms with E-state index < -0.39 is 0 Å². The number of likely N-dealkylation sites (N-methyl/N-ethyl adjacent to an activating group) is 1. The standard InChI is InChI=1S/C15H24N2OS/c1-4-6-13-11-14(19-12(13)3)15(18)17-9-7-16(5-2)8-10-17/h11H,4-10H2,1-3H3. The third kappa shape index (κ3) is 3.37. The van der Waals surface area contributed by atoms with Gasteiger partial charge in [0, 0.05) is 31.1 Å². The van der Waals surface area contributed by atoms with Gasteiger partial charge in [0.05, 0.1) is 4.88 Å². The maximum atomic E-state index is 12.5. The quantitative estimate of drug-likeness (QED) is 0.846. The van der Waals surface area contributed by atoms with Gasteiger partial charge in [-0.15, -0.1) is 11.3 Å². The van der Waals surface area contributed by atoms with E-state index in [0.29, 0.717) is 0 Å². The summed E-state index contributed by atoms with van der Waals surface area (Å²) < 4.78 is 0. The van der Waals surface area contributed by atoms with Gasteiger partial charge in [-0.3, -0.25) is 4.79 Å². The van der Waals surface area contributed by atoms with Gasteiger partial charge in [-0.2, -0.15) is 0 Å². The second-order valence-corrected chi connectivity index (χ2v) is 6.42. The molecule has 0 aromatic carbocycles. The summed E-state index contributed by atoms with van der Waals surface area (Å²) in [5, 5.41) is 0. The van der Waals surface area contributed by atoms with Crippen molar-refractivity contribution in [1.82, 2.24) is 9.80 Å². The van der Waals surface area contributed by atoms with Crippen LogP contribution in [0.4, 0.5) is 0 Å². The molecule has 19 heavy (non-hydrogen) atoms. The first kappa shape index (κ1) is 14.5. The van der Waals surface area contributed by atoms with Crippen molar-refractivity contribution < 1.29 is 4.79 Å². The smallest absolute Gasteiger partial charge is 0.264 e. The molecule has 3 nitrogen and oxygen atoms in total. The minimum Gasteiger partial charge on any atom is -0.335 e. The summed E-state index contributed by atoms with van der Waals surface area (Å²) in [5.41, 5.74) is 1.35. The summed E-state index contributed by atoms with van der Waals surface area (Å²) in [5.74, 6) is 0.228. The lowest BCUT2D eigenvalue weighted by Crippen LogP contribution is -2.48. The third-order valence-corrected chi connectivity index (χ3v) is 4.94. The van der Waals surface area contributed by atoms with E-state index in [4.69, 9.17) is 0 Å². The van der Waals surface area contributed by atoms with E-state index >= 15 is 0 Å². The topological polar surface area (TPSA) is 23.6 Å². The predicted molar refractivity (Wildman–Crippen MR) is 81.1 cm³/mol. The first-order valence-corrected chi connectivity index (χ1v) is 8.08. The Labute approximate surface area is 120 Å². The van der Waals surface area contributed by atoms with Crippen LogP contribution in [-0.2, 0) is 6.42 Å². The van der Waals surface area contributed by atoms with Crippen molar-refractivity contribution in [3.8, 4) is 0 Å². The van der Waals surface area contributed by atoms with Crippen LogP contribution in [-0.4, -0.2) is 48.4 Å². The Morgan fingerprint density at radius 3 is 2.53 bits per heavy atom. The van der Waals surface area contributed by atoms with E-state index in [1.165, 1.54) is 10.4 Å². The zero-order valence-electron chi connectivity index (χ0n) is 12.2. The number of hydrogen-bond donors (Lipinski definition) is 0. The van der Waals surface area contributed by atoms with Crippen LogP contribution in [0.15, 0.2) is 6.07 Å². The van der Waals surface area contributed by atoms with E-state index in [0.717, 1.165) is 50.4 Å². The Bertz CT molecular complexity index is 433. The van der Waals surface area contributed by atoms with Gasteiger partial charge in [-0.1, -0.05) is 20.3 Å². The molecule has 106 valence electrons. The minimum absolute atomic E-state index is 0.228. The molecule has 0 atom stereocenters. The Kier molecular flexibility index (Phi) is 4.99. The molecule has 1 aromatic heterocycles. The number of carbonyl (C=O) groups is 1. The van der Waals surface area contributed by atoms with Crippen LogP contribution in [0, 0.1) is 6.92 Å². The predicted octanol–water partition coefficient (Wildman–Crippen LogP) is 2.79. The molecule has 0 unspecified atom stereocenters. The summed E-state index contributed by atoms with van der Waals surface area (Å²) in [4.78, 5) is 19.1. The average molecular weight is 280 g/mol. The molecule has 0 spiro atoms. The lowest BCUT2D eigenvalue weighted by molar-refractivity contribution is 0.0648. The van der Waals surface area contributed by atoms with Gasteiger partial charge < -0.3 is 9.80 Å². The molecule has 0 saturated carbocycles. The molecule has 0 radical (unpaired) electrons. The number of rotatable bonds is 4. The molecule has 4 heteroatoms. The summed E-state index contributed by atoms with van der Waals surface area (Å²) >= 11 is 1.66. The molecule has 1 aromatic rings. The monoisotopic (exact) mass is 280 g/mol. The molecule has 0 N–H and O–H groups in total. The minimum atomic E-state index is 0.228. The summed E-state index contributed by atoms with van der Waals surface area (Å²) in [6.45, 7) is 11.3. The van der Waals surface area contributed by atoms with Crippen molar-refractivity contribution in [2.75, 3.05) is 32.7 Å². The van der Waals surface area contributed by atoms with Crippen molar-refractivity contribution in [3.63, 3.8) is 0 Å². The molecule has 2 rings (SSSR count). The van der Waals surface area contributed by atoms with Gasteiger partial charge in [0.15, 0.2) is 0 Å². The van der Waals surface area contributed by atoms with Gasteiger partial charge in [0.2, 0.25) is 0 Å². The SMILES string of the molecule is CCCc1cc(C(=O)N2CCN(CC)CC2)sc1C. The number of aryl methyl sites for hydroxylation is 2. The summed E-state index contributed by atoms with van der Waals surface area (Å²) in [6, 6.07) is 2.11. The Morgan fingerprint density at radius 1 is 1.26 bits per heavy atom. The van der Waals surface area contributed by atoms with Gasteiger partial charge >= 0.3 is 0 Å². The second kappa shape index (κ2) is 6.53. The molecule has 0 bridgehead atoms.